The minimum Gasteiger partial charge on any atom is -0.481 e. The lowest BCUT2D eigenvalue weighted by molar-refractivity contribution is -0.143. The number of aryl methyl sites for hydroxylation is 1. The smallest absolute Gasteiger partial charge is 0.306 e. The monoisotopic (exact) mass is 393 g/mol. The van der Waals surface area contributed by atoms with Gasteiger partial charge in [-0.05, 0) is 61.5 Å². The fourth-order valence-corrected chi connectivity index (χ4v) is 4.85. The van der Waals surface area contributed by atoms with Gasteiger partial charge in [-0.25, -0.2) is 0 Å². The molecule has 1 aliphatic rings. The number of hydrogen-bond acceptors (Lipinski definition) is 3. The van der Waals surface area contributed by atoms with E-state index in [-0.39, 0.29) is 12.0 Å². The van der Waals surface area contributed by atoms with Gasteiger partial charge in [-0.2, -0.15) is 0 Å². The molecule has 0 amide bonds. The molecule has 2 heterocycles. The van der Waals surface area contributed by atoms with E-state index in [1.165, 1.54) is 16.0 Å². The summed E-state index contributed by atoms with van der Waals surface area (Å²) in [6, 6.07) is 10.7. The van der Waals surface area contributed by atoms with Crippen LogP contribution in [-0.4, -0.2) is 29.1 Å². The number of hydrogen-bond donors (Lipinski definition) is 1. The summed E-state index contributed by atoms with van der Waals surface area (Å²) in [6.07, 6.45) is 1.45. The molecule has 0 saturated carbocycles. The summed E-state index contributed by atoms with van der Waals surface area (Å²) >= 11 is 5.48. The van der Waals surface area contributed by atoms with Crippen molar-refractivity contribution in [2.45, 2.75) is 25.8 Å². The molecule has 1 aromatic heterocycles. The van der Waals surface area contributed by atoms with Crippen LogP contribution in [0, 0.1) is 12.8 Å². The molecule has 1 saturated heterocycles. The molecule has 1 aromatic carbocycles. The third-order valence-corrected chi connectivity index (χ3v) is 6.39. The van der Waals surface area contributed by atoms with Crippen LogP contribution < -0.4 is 0 Å². The number of halogens is 1. The van der Waals surface area contributed by atoms with Crippen molar-refractivity contribution >= 4 is 33.2 Å². The van der Waals surface area contributed by atoms with Crippen LogP contribution in [-0.2, 0) is 4.79 Å². The topological polar surface area (TPSA) is 40.5 Å². The average Bonchev–Trinajstić information content (AvgIpc) is 2.96. The van der Waals surface area contributed by atoms with Gasteiger partial charge in [0.05, 0.1) is 12.0 Å². The molecule has 122 valence electrons. The molecule has 23 heavy (non-hydrogen) atoms. The second-order valence-corrected chi connectivity index (χ2v) is 7.84. The third kappa shape index (κ3) is 3.52. The van der Waals surface area contributed by atoms with Gasteiger partial charge in [-0.3, -0.25) is 9.69 Å². The van der Waals surface area contributed by atoms with Crippen LogP contribution in [0.3, 0.4) is 0 Å². The van der Waals surface area contributed by atoms with E-state index < -0.39 is 5.97 Å². The summed E-state index contributed by atoms with van der Waals surface area (Å²) in [7, 11) is 0. The average molecular weight is 394 g/mol. The normalized spacial score (nSPS) is 18.0. The van der Waals surface area contributed by atoms with Crippen molar-refractivity contribution in [2.75, 3.05) is 13.1 Å². The maximum Gasteiger partial charge on any atom is 0.306 e. The highest BCUT2D eigenvalue weighted by atomic mass is 79.9. The number of rotatable bonds is 4. The summed E-state index contributed by atoms with van der Waals surface area (Å²) in [5, 5.41) is 11.4. The molecule has 3 nitrogen and oxygen atoms in total. The fraction of sp³-hybridized carbons (Fsp3) is 0.389. The van der Waals surface area contributed by atoms with Crippen molar-refractivity contribution < 1.29 is 9.90 Å². The van der Waals surface area contributed by atoms with Gasteiger partial charge < -0.3 is 5.11 Å². The van der Waals surface area contributed by atoms with Gasteiger partial charge in [0, 0.05) is 9.35 Å². The van der Waals surface area contributed by atoms with Gasteiger partial charge in [-0.1, -0.05) is 34.1 Å². The van der Waals surface area contributed by atoms with Crippen molar-refractivity contribution in [2.24, 2.45) is 5.92 Å². The van der Waals surface area contributed by atoms with Gasteiger partial charge in [0.25, 0.3) is 0 Å². The van der Waals surface area contributed by atoms with Crippen LogP contribution in [0.1, 0.15) is 34.9 Å². The lowest BCUT2D eigenvalue weighted by Gasteiger charge is -2.37. The SMILES string of the molecule is Cc1ccsc1C(c1ccccc1Br)N1CCC(C(=O)O)CC1. The lowest BCUT2D eigenvalue weighted by Crippen LogP contribution is -2.39. The van der Waals surface area contributed by atoms with Crippen LogP contribution >= 0.6 is 27.3 Å². The zero-order valence-electron chi connectivity index (χ0n) is 13.0. The number of carboxylic acids is 1. The first-order valence-corrected chi connectivity index (χ1v) is 9.50. The highest BCUT2D eigenvalue weighted by Crippen LogP contribution is 2.39. The summed E-state index contributed by atoms with van der Waals surface area (Å²) < 4.78 is 1.11. The first kappa shape index (κ1) is 16.7. The number of likely N-dealkylation sites (tertiary alicyclic amines) is 1. The van der Waals surface area contributed by atoms with Gasteiger partial charge in [0.15, 0.2) is 0 Å². The first-order valence-electron chi connectivity index (χ1n) is 7.83. The molecular weight excluding hydrogens is 374 g/mol. The molecule has 1 atom stereocenters. The second-order valence-electron chi connectivity index (χ2n) is 6.04. The number of thiophene rings is 1. The summed E-state index contributed by atoms with van der Waals surface area (Å²) in [5.74, 6) is -0.857. The lowest BCUT2D eigenvalue weighted by atomic mass is 9.93. The summed E-state index contributed by atoms with van der Waals surface area (Å²) in [6.45, 7) is 3.79. The van der Waals surface area contributed by atoms with Crippen molar-refractivity contribution in [1.82, 2.24) is 4.90 Å². The van der Waals surface area contributed by atoms with Crippen molar-refractivity contribution in [3.8, 4) is 0 Å². The van der Waals surface area contributed by atoms with Gasteiger partial charge >= 0.3 is 5.97 Å². The number of aliphatic carboxylic acids is 1. The maximum absolute atomic E-state index is 11.2. The predicted octanol–water partition coefficient (Wildman–Crippen LogP) is 4.71. The summed E-state index contributed by atoms with van der Waals surface area (Å²) in [4.78, 5) is 15.0. The van der Waals surface area contributed by atoms with Crippen LogP contribution in [0.15, 0.2) is 40.2 Å². The minimum absolute atomic E-state index is 0.195. The molecule has 1 N–H and O–H groups in total. The quantitative estimate of drug-likeness (QED) is 0.817. The second kappa shape index (κ2) is 7.16. The molecule has 1 aliphatic heterocycles. The maximum atomic E-state index is 11.2. The highest BCUT2D eigenvalue weighted by Gasteiger charge is 2.32. The van der Waals surface area contributed by atoms with Crippen LogP contribution in [0.5, 0.6) is 0 Å². The van der Waals surface area contributed by atoms with Gasteiger partial charge in [0.1, 0.15) is 0 Å². The highest BCUT2D eigenvalue weighted by molar-refractivity contribution is 9.10. The largest absolute Gasteiger partial charge is 0.481 e. The van der Waals surface area contributed by atoms with Gasteiger partial charge in [0.2, 0.25) is 0 Å². The van der Waals surface area contributed by atoms with E-state index in [4.69, 9.17) is 0 Å². The molecule has 0 aliphatic carbocycles. The number of carboxylic acid groups (broad SMARTS) is 1. The predicted molar refractivity (Wildman–Crippen MR) is 97.0 cm³/mol. The standard InChI is InChI=1S/C18H20BrNO2S/c1-12-8-11-23-17(12)16(14-4-2-3-5-15(14)19)20-9-6-13(7-10-20)18(21)22/h2-5,8,11,13,16H,6-7,9-10H2,1H3,(H,21,22). The number of piperidine rings is 1. The van der Waals surface area contributed by atoms with Gasteiger partial charge in [-0.15, -0.1) is 11.3 Å². The van der Waals surface area contributed by atoms with Crippen molar-refractivity contribution in [1.29, 1.82) is 0 Å². The fourth-order valence-electron chi connectivity index (χ4n) is 3.27. The number of benzene rings is 1. The molecule has 1 unspecified atom stereocenters. The molecular formula is C18H20BrNO2S. The Morgan fingerprint density at radius 2 is 2.00 bits per heavy atom. The van der Waals surface area contributed by atoms with E-state index in [9.17, 15) is 9.90 Å². The zero-order valence-corrected chi connectivity index (χ0v) is 15.4. The third-order valence-electron chi connectivity index (χ3n) is 4.59. The van der Waals surface area contributed by atoms with E-state index in [1.54, 1.807) is 11.3 Å². The van der Waals surface area contributed by atoms with Crippen LogP contribution in [0.2, 0.25) is 0 Å². The molecule has 0 radical (unpaired) electrons. The van der Waals surface area contributed by atoms with E-state index >= 15 is 0 Å². The molecule has 0 bridgehead atoms. The van der Waals surface area contributed by atoms with E-state index in [1.807, 2.05) is 6.07 Å². The Bertz CT molecular complexity index is 692. The Kier molecular flexibility index (Phi) is 5.19. The zero-order chi connectivity index (χ0) is 16.4. The van der Waals surface area contributed by atoms with Crippen LogP contribution in [0.25, 0.3) is 0 Å². The van der Waals surface area contributed by atoms with Crippen LogP contribution in [0.4, 0.5) is 0 Å². The number of nitrogens with zero attached hydrogens (tertiary/aromatic N) is 1. The molecule has 1 fully saturated rings. The van der Waals surface area contributed by atoms with Crippen molar-refractivity contribution in [3.63, 3.8) is 0 Å². The van der Waals surface area contributed by atoms with Crippen molar-refractivity contribution in [3.05, 3.63) is 56.2 Å². The molecule has 2 aromatic rings. The Labute approximate surface area is 149 Å². The van der Waals surface area contributed by atoms with E-state index in [2.05, 4.69) is 57.4 Å². The first-order chi connectivity index (χ1) is 11.1. The molecule has 0 spiro atoms. The minimum atomic E-state index is -0.658. The summed E-state index contributed by atoms with van der Waals surface area (Å²) in [5.41, 5.74) is 2.56. The molecule has 3 rings (SSSR count). The Morgan fingerprint density at radius 3 is 2.57 bits per heavy atom. The number of carbonyl (C=O) groups is 1. The Balaban J connectivity index is 1.93. The van der Waals surface area contributed by atoms with E-state index in [0.717, 1.165) is 30.4 Å². The Hall–Kier alpha value is -1.17. The molecule has 5 heteroatoms. The Morgan fingerprint density at radius 1 is 1.30 bits per heavy atom. The van der Waals surface area contributed by atoms with E-state index in [0.29, 0.717) is 0 Å².